The molecule has 0 unspecified atom stereocenters. The Morgan fingerprint density at radius 3 is 2.39 bits per heavy atom. The van der Waals surface area contributed by atoms with Gasteiger partial charge in [-0.2, -0.15) is 4.31 Å². The fourth-order valence-electron chi connectivity index (χ4n) is 2.25. The third-order valence-corrected chi connectivity index (χ3v) is 6.25. The quantitative estimate of drug-likeness (QED) is 0.305. The maximum Gasteiger partial charge on any atom is 0.243 e. The molecule has 9 heteroatoms. The van der Waals surface area contributed by atoms with E-state index in [1.54, 1.807) is 33.3 Å². The lowest BCUT2D eigenvalue weighted by Gasteiger charge is -2.21. The fraction of sp³-hybridized carbons (Fsp3) is 0.632. The Balaban J connectivity index is 2.45. The lowest BCUT2D eigenvalue weighted by molar-refractivity contribution is 0.0698. The Labute approximate surface area is 169 Å². The third kappa shape index (κ3) is 8.14. The molecule has 0 saturated heterocycles. The van der Waals surface area contributed by atoms with Crippen LogP contribution >= 0.6 is 0 Å². The van der Waals surface area contributed by atoms with Gasteiger partial charge in [-0.3, -0.25) is 4.99 Å². The first kappa shape index (κ1) is 24.4. The zero-order valence-corrected chi connectivity index (χ0v) is 18.4. The smallest absolute Gasteiger partial charge is 0.243 e. The first-order valence-electron chi connectivity index (χ1n) is 9.41. The van der Waals surface area contributed by atoms with E-state index in [0.29, 0.717) is 37.2 Å². The summed E-state index contributed by atoms with van der Waals surface area (Å²) < 4.78 is 36.7. The highest BCUT2D eigenvalue weighted by Gasteiger charge is 2.22. The van der Waals surface area contributed by atoms with Crippen molar-refractivity contribution in [1.82, 2.24) is 14.9 Å². The van der Waals surface area contributed by atoms with Crippen molar-refractivity contribution in [2.45, 2.75) is 37.8 Å². The summed E-state index contributed by atoms with van der Waals surface area (Å²) in [6, 6.07) is 6.80. The molecule has 0 saturated carbocycles. The van der Waals surface area contributed by atoms with E-state index in [9.17, 15) is 8.42 Å². The first-order valence-corrected chi connectivity index (χ1v) is 10.8. The number of benzene rings is 1. The van der Waals surface area contributed by atoms with Crippen molar-refractivity contribution in [2.75, 3.05) is 47.6 Å². The Kier molecular flexibility index (Phi) is 11.1. The fourth-order valence-corrected chi connectivity index (χ4v) is 3.62. The molecule has 0 aliphatic rings. The van der Waals surface area contributed by atoms with Crippen molar-refractivity contribution in [2.24, 2.45) is 4.99 Å². The van der Waals surface area contributed by atoms with Gasteiger partial charge in [-0.15, -0.1) is 0 Å². The van der Waals surface area contributed by atoms with Crippen LogP contribution in [0.2, 0.25) is 0 Å². The van der Waals surface area contributed by atoms with Gasteiger partial charge in [0.2, 0.25) is 10.0 Å². The molecule has 0 aliphatic heterocycles. The van der Waals surface area contributed by atoms with Crippen LogP contribution in [0.25, 0.3) is 0 Å². The summed E-state index contributed by atoms with van der Waals surface area (Å²) in [6.07, 6.45) is 0.861. The van der Waals surface area contributed by atoms with Crippen LogP contribution in [0, 0.1) is 0 Å². The number of guanidine groups is 1. The minimum Gasteiger partial charge on any atom is -0.382 e. The Morgan fingerprint density at radius 2 is 1.82 bits per heavy atom. The number of nitrogens with zero attached hydrogens (tertiary/aromatic N) is 2. The van der Waals surface area contributed by atoms with Crippen LogP contribution in [0.5, 0.6) is 0 Å². The normalized spacial score (nSPS) is 12.6. The molecular formula is C19H34N4O4S. The second kappa shape index (κ2) is 12.7. The van der Waals surface area contributed by atoms with Gasteiger partial charge in [0.05, 0.1) is 18.1 Å². The lowest BCUT2D eigenvalue weighted by atomic mass is 10.2. The molecule has 28 heavy (non-hydrogen) atoms. The van der Waals surface area contributed by atoms with E-state index in [2.05, 4.69) is 15.6 Å². The van der Waals surface area contributed by atoms with Crippen molar-refractivity contribution in [3.05, 3.63) is 29.8 Å². The Morgan fingerprint density at radius 1 is 1.14 bits per heavy atom. The molecule has 0 atom stereocenters. The van der Waals surface area contributed by atoms with E-state index in [1.165, 1.54) is 4.31 Å². The molecule has 0 amide bonds. The third-order valence-electron chi connectivity index (χ3n) is 4.20. The number of rotatable bonds is 12. The van der Waals surface area contributed by atoms with Gasteiger partial charge in [0.15, 0.2) is 5.96 Å². The molecule has 0 heterocycles. The number of aliphatic imine (C=N–C) groups is 1. The summed E-state index contributed by atoms with van der Waals surface area (Å²) in [5.74, 6) is 0.688. The number of hydrogen-bond acceptors (Lipinski definition) is 5. The summed E-state index contributed by atoms with van der Waals surface area (Å²) >= 11 is 0. The molecule has 0 radical (unpaired) electrons. The van der Waals surface area contributed by atoms with Gasteiger partial charge in [0.25, 0.3) is 0 Å². The van der Waals surface area contributed by atoms with Crippen LogP contribution in [0.15, 0.2) is 34.2 Å². The predicted molar refractivity (Wildman–Crippen MR) is 112 cm³/mol. The molecule has 1 rings (SSSR count). The van der Waals surface area contributed by atoms with Gasteiger partial charge in [-0.1, -0.05) is 12.1 Å². The summed E-state index contributed by atoms with van der Waals surface area (Å²) in [4.78, 5) is 4.48. The standard InChI is InChI=1S/C19H34N4O4S/c1-16(2)23(4)28(24,25)18-9-7-17(8-10-18)15-22-19(20-3)21-11-6-12-27-14-13-26-5/h7-10,16H,6,11-15H2,1-5H3,(H2,20,21,22). The Hall–Kier alpha value is -1.68. The number of methoxy groups -OCH3 is 1. The van der Waals surface area contributed by atoms with E-state index >= 15 is 0 Å². The number of nitrogens with one attached hydrogen (secondary N) is 2. The molecule has 2 N–H and O–H groups in total. The highest BCUT2D eigenvalue weighted by molar-refractivity contribution is 7.89. The topological polar surface area (TPSA) is 92.3 Å². The molecule has 0 aromatic heterocycles. The van der Waals surface area contributed by atoms with Crippen LogP contribution in [-0.4, -0.2) is 72.3 Å². The average molecular weight is 415 g/mol. The maximum atomic E-state index is 12.5. The van der Waals surface area contributed by atoms with E-state index < -0.39 is 10.0 Å². The summed E-state index contributed by atoms with van der Waals surface area (Å²) in [7, 11) is 1.49. The molecule has 1 aromatic carbocycles. The SMILES string of the molecule is CN=C(NCCCOCCOC)NCc1ccc(S(=O)(=O)N(C)C(C)C)cc1. The summed E-state index contributed by atoms with van der Waals surface area (Å²) in [5, 5.41) is 6.43. The lowest BCUT2D eigenvalue weighted by Crippen LogP contribution is -2.37. The van der Waals surface area contributed by atoms with Gasteiger partial charge < -0.3 is 20.1 Å². The molecule has 0 fully saturated rings. The second-order valence-corrected chi connectivity index (χ2v) is 8.57. The van der Waals surface area contributed by atoms with Crippen molar-refractivity contribution in [3.63, 3.8) is 0 Å². The maximum absolute atomic E-state index is 12.5. The van der Waals surface area contributed by atoms with Gasteiger partial charge in [0.1, 0.15) is 0 Å². The minimum absolute atomic E-state index is 0.0916. The zero-order valence-electron chi connectivity index (χ0n) is 17.6. The van der Waals surface area contributed by atoms with Crippen molar-refractivity contribution < 1.29 is 17.9 Å². The van der Waals surface area contributed by atoms with Crippen molar-refractivity contribution >= 4 is 16.0 Å². The molecule has 0 spiro atoms. The molecular weight excluding hydrogens is 380 g/mol. The molecule has 160 valence electrons. The molecule has 0 aliphatic carbocycles. The number of sulfonamides is 1. The van der Waals surface area contributed by atoms with Crippen LogP contribution in [0.3, 0.4) is 0 Å². The zero-order chi connectivity index (χ0) is 21.0. The van der Waals surface area contributed by atoms with Gasteiger partial charge in [0, 0.05) is 46.9 Å². The largest absolute Gasteiger partial charge is 0.382 e. The molecule has 0 bridgehead atoms. The van der Waals surface area contributed by atoms with Crippen LogP contribution in [0.1, 0.15) is 25.8 Å². The van der Waals surface area contributed by atoms with Crippen molar-refractivity contribution in [1.29, 1.82) is 0 Å². The number of ether oxygens (including phenoxy) is 2. The van der Waals surface area contributed by atoms with Crippen LogP contribution in [-0.2, 0) is 26.0 Å². The molecule has 8 nitrogen and oxygen atoms in total. The van der Waals surface area contributed by atoms with E-state index in [0.717, 1.165) is 18.5 Å². The van der Waals surface area contributed by atoms with Crippen LogP contribution < -0.4 is 10.6 Å². The van der Waals surface area contributed by atoms with E-state index in [4.69, 9.17) is 9.47 Å². The van der Waals surface area contributed by atoms with E-state index in [-0.39, 0.29) is 6.04 Å². The van der Waals surface area contributed by atoms with Gasteiger partial charge >= 0.3 is 0 Å². The predicted octanol–water partition coefficient (Wildman–Crippen LogP) is 1.43. The minimum atomic E-state index is -3.46. The van der Waals surface area contributed by atoms with Gasteiger partial charge in [-0.25, -0.2) is 8.42 Å². The summed E-state index contributed by atoms with van der Waals surface area (Å²) in [5.41, 5.74) is 0.969. The van der Waals surface area contributed by atoms with E-state index in [1.807, 2.05) is 26.0 Å². The van der Waals surface area contributed by atoms with Gasteiger partial charge in [-0.05, 0) is 38.0 Å². The Bertz CT molecular complexity index is 690. The monoisotopic (exact) mass is 414 g/mol. The average Bonchev–Trinajstić information content (AvgIpc) is 2.69. The molecule has 1 aromatic rings. The van der Waals surface area contributed by atoms with Crippen LogP contribution in [0.4, 0.5) is 0 Å². The highest BCUT2D eigenvalue weighted by Crippen LogP contribution is 2.17. The van der Waals surface area contributed by atoms with Crippen molar-refractivity contribution in [3.8, 4) is 0 Å². The second-order valence-electron chi connectivity index (χ2n) is 6.57. The summed E-state index contributed by atoms with van der Waals surface area (Å²) in [6.45, 7) is 6.84. The first-order chi connectivity index (χ1) is 13.3. The highest BCUT2D eigenvalue weighted by atomic mass is 32.2. The number of hydrogen-bond donors (Lipinski definition) is 2.